The van der Waals surface area contributed by atoms with Crippen LogP contribution in [0.5, 0.6) is 5.75 Å². The Labute approximate surface area is 107 Å². The Morgan fingerprint density at radius 1 is 1.28 bits per heavy atom. The lowest BCUT2D eigenvalue weighted by molar-refractivity contribution is 0.412. The van der Waals surface area contributed by atoms with Gasteiger partial charge < -0.3 is 10.1 Å². The SMILES string of the molecule is CCNc1ccnc(-c2ccc(OC)c(C)c2)n1. The van der Waals surface area contributed by atoms with Crippen LogP contribution in [0, 0.1) is 6.92 Å². The van der Waals surface area contributed by atoms with Gasteiger partial charge in [0.1, 0.15) is 11.6 Å². The third kappa shape index (κ3) is 2.59. The highest BCUT2D eigenvalue weighted by molar-refractivity contribution is 5.60. The standard InChI is InChI=1S/C14H17N3O/c1-4-15-13-7-8-16-14(17-13)11-5-6-12(18-3)10(2)9-11/h5-9H,4H2,1-3H3,(H,15,16,17). The number of rotatable bonds is 4. The molecule has 0 fully saturated rings. The van der Waals surface area contributed by atoms with Crippen molar-refractivity contribution in [2.24, 2.45) is 0 Å². The van der Waals surface area contributed by atoms with Gasteiger partial charge in [-0.1, -0.05) is 0 Å². The first-order valence-electron chi connectivity index (χ1n) is 5.96. The fourth-order valence-corrected chi connectivity index (χ4v) is 1.79. The molecule has 0 aliphatic rings. The number of ether oxygens (including phenoxy) is 1. The highest BCUT2D eigenvalue weighted by Crippen LogP contribution is 2.24. The number of nitrogens with one attached hydrogen (secondary N) is 1. The number of nitrogens with zero attached hydrogens (tertiary/aromatic N) is 2. The van der Waals surface area contributed by atoms with Gasteiger partial charge in [-0.2, -0.15) is 0 Å². The van der Waals surface area contributed by atoms with Crippen molar-refractivity contribution in [2.45, 2.75) is 13.8 Å². The molecule has 1 aromatic carbocycles. The molecule has 0 aliphatic heterocycles. The first-order chi connectivity index (χ1) is 8.74. The first-order valence-corrected chi connectivity index (χ1v) is 5.96. The number of aryl methyl sites for hydroxylation is 1. The van der Waals surface area contributed by atoms with E-state index >= 15 is 0 Å². The molecule has 18 heavy (non-hydrogen) atoms. The second kappa shape index (κ2) is 5.49. The summed E-state index contributed by atoms with van der Waals surface area (Å²) in [6.07, 6.45) is 1.76. The average molecular weight is 243 g/mol. The number of anilines is 1. The minimum absolute atomic E-state index is 0.721. The maximum absolute atomic E-state index is 5.24. The third-order valence-corrected chi connectivity index (χ3v) is 2.67. The third-order valence-electron chi connectivity index (χ3n) is 2.67. The predicted octanol–water partition coefficient (Wildman–Crippen LogP) is 2.89. The lowest BCUT2D eigenvalue weighted by Gasteiger charge is -2.08. The van der Waals surface area contributed by atoms with Gasteiger partial charge in [0.05, 0.1) is 7.11 Å². The highest BCUT2D eigenvalue weighted by Gasteiger charge is 2.05. The second-order valence-electron chi connectivity index (χ2n) is 3.98. The van der Waals surface area contributed by atoms with E-state index in [0.29, 0.717) is 0 Å². The largest absolute Gasteiger partial charge is 0.496 e. The molecule has 0 spiro atoms. The van der Waals surface area contributed by atoms with Gasteiger partial charge in [-0.15, -0.1) is 0 Å². The average Bonchev–Trinajstić information content (AvgIpc) is 2.39. The monoisotopic (exact) mass is 243 g/mol. The van der Waals surface area contributed by atoms with Gasteiger partial charge >= 0.3 is 0 Å². The smallest absolute Gasteiger partial charge is 0.161 e. The summed E-state index contributed by atoms with van der Waals surface area (Å²) in [5.74, 6) is 2.44. The van der Waals surface area contributed by atoms with Crippen molar-refractivity contribution in [2.75, 3.05) is 19.0 Å². The van der Waals surface area contributed by atoms with E-state index in [2.05, 4.69) is 15.3 Å². The Morgan fingerprint density at radius 2 is 2.11 bits per heavy atom. The number of benzene rings is 1. The molecule has 0 aliphatic carbocycles. The first kappa shape index (κ1) is 12.4. The van der Waals surface area contributed by atoms with E-state index in [0.717, 1.165) is 35.1 Å². The Bertz CT molecular complexity index is 540. The fraction of sp³-hybridized carbons (Fsp3) is 0.286. The number of hydrogen-bond donors (Lipinski definition) is 1. The minimum Gasteiger partial charge on any atom is -0.496 e. The van der Waals surface area contributed by atoms with Gasteiger partial charge in [-0.3, -0.25) is 0 Å². The number of hydrogen-bond acceptors (Lipinski definition) is 4. The molecule has 1 aromatic heterocycles. The lowest BCUT2D eigenvalue weighted by atomic mass is 10.1. The van der Waals surface area contributed by atoms with Crippen LogP contribution in [0.25, 0.3) is 11.4 Å². The lowest BCUT2D eigenvalue weighted by Crippen LogP contribution is -2.01. The van der Waals surface area contributed by atoms with Gasteiger partial charge in [-0.25, -0.2) is 9.97 Å². The fourth-order valence-electron chi connectivity index (χ4n) is 1.79. The van der Waals surface area contributed by atoms with Gasteiger partial charge in [0, 0.05) is 18.3 Å². The van der Waals surface area contributed by atoms with Crippen LogP contribution >= 0.6 is 0 Å². The summed E-state index contributed by atoms with van der Waals surface area (Å²) in [5.41, 5.74) is 2.07. The molecule has 2 aromatic rings. The van der Waals surface area contributed by atoms with Crippen molar-refractivity contribution < 1.29 is 4.74 Å². The van der Waals surface area contributed by atoms with Crippen LogP contribution in [-0.2, 0) is 0 Å². The zero-order valence-electron chi connectivity index (χ0n) is 10.9. The molecular weight excluding hydrogens is 226 g/mol. The molecule has 0 bridgehead atoms. The molecule has 1 N–H and O–H groups in total. The summed E-state index contributed by atoms with van der Waals surface area (Å²) in [6.45, 7) is 4.90. The van der Waals surface area contributed by atoms with Crippen LogP contribution in [0.4, 0.5) is 5.82 Å². The Kier molecular flexibility index (Phi) is 3.77. The summed E-state index contributed by atoms with van der Waals surface area (Å²) in [7, 11) is 1.67. The van der Waals surface area contributed by atoms with Crippen LogP contribution in [0.2, 0.25) is 0 Å². The summed E-state index contributed by atoms with van der Waals surface area (Å²) in [5, 5.41) is 3.18. The summed E-state index contributed by atoms with van der Waals surface area (Å²) in [6, 6.07) is 7.80. The van der Waals surface area contributed by atoms with E-state index in [-0.39, 0.29) is 0 Å². The number of methoxy groups -OCH3 is 1. The van der Waals surface area contributed by atoms with E-state index in [1.807, 2.05) is 38.1 Å². The minimum atomic E-state index is 0.721. The van der Waals surface area contributed by atoms with Crippen molar-refractivity contribution in [3.8, 4) is 17.1 Å². The van der Waals surface area contributed by atoms with Crippen molar-refractivity contribution in [3.63, 3.8) is 0 Å². The van der Waals surface area contributed by atoms with E-state index in [9.17, 15) is 0 Å². The second-order valence-corrected chi connectivity index (χ2v) is 3.98. The molecule has 0 unspecified atom stereocenters. The predicted molar refractivity (Wildman–Crippen MR) is 72.9 cm³/mol. The normalized spacial score (nSPS) is 10.2. The van der Waals surface area contributed by atoms with Crippen molar-refractivity contribution >= 4 is 5.82 Å². The van der Waals surface area contributed by atoms with Gasteiger partial charge in [0.2, 0.25) is 0 Å². The summed E-state index contributed by atoms with van der Waals surface area (Å²) in [4.78, 5) is 8.76. The van der Waals surface area contributed by atoms with Crippen molar-refractivity contribution in [1.82, 2.24) is 9.97 Å². The summed E-state index contributed by atoms with van der Waals surface area (Å²) < 4.78 is 5.24. The molecule has 94 valence electrons. The van der Waals surface area contributed by atoms with E-state index in [1.165, 1.54) is 0 Å². The molecule has 0 saturated carbocycles. The zero-order chi connectivity index (χ0) is 13.0. The Hall–Kier alpha value is -2.10. The van der Waals surface area contributed by atoms with Gasteiger partial charge in [0.15, 0.2) is 5.82 Å². The molecule has 4 heteroatoms. The van der Waals surface area contributed by atoms with Crippen LogP contribution in [0.1, 0.15) is 12.5 Å². The zero-order valence-corrected chi connectivity index (χ0v) is 10.9. The van der Waals surface area contributed by atoms with Gasteiger partial charge in [0.25, 0.3) is 0 Å². The maximum atomic E-state index is 5.24. The van der Waals surface area contributed by atoms with Crippen LogP contribution in [0.3, 0.4) is 0 Å². The molecule has 0 atom stereocenters. The molecule has 4 nitrogen and oxygen atoms in total. The molecule has 0 saturated heterocycles. The highest BCUT2D eigenvalue weighted by atomic mass is 16.5. The van der Waals surface area contributed by atoms with Crippen molar-refractivity contribution in [3.05, 3.63) is 36.0 Å². The summed E-state index contributed by atoms with van der Waals surface area (Å²) >= 11 is 0. The Balaban J connectivity index is 2.36. The molecular formula is C14H17N3O. The van der Waals surface area contributed by atoms with Crippen molar-refractivity contribution in [1.29, 1.82) is 0 Å². The molecule has 0 amide bonds. The van der Waals surface area contributed by atoms with E-state index < -0.39 is 0 Å². The topological polar surface area (TPSA) is 47.0 Å². The molecule has 2 rings (SSSR count). The number of aromatic nitrogens is 2. The van der Waals surface area contributed by atoms with E-state index in [1.54, 1.807) is 13.3 Å². The quantitative estimate of drug-likeness (QED) is 0.897. The van der Waals surface area contributed by atoms with Crippen LogP contribution in [-0.4, -0.2) is 23.6 Å². The van der Waals surface area contributed by atoms with Crippen LogP contribution < -0.4 is 10.1 Å². The van der Waals surface area contributed by atoms with Crippen LogP contribution in [0.15, 0.2) is 30.5 Å². The molecule has 1 heterocycles. The van der Waals surface area contributed by atoms with Gasteiger partial charge in [-0.05, 0) is 43.7 Å². The van der Waals surface area contributed by atoms with E-state index in [4.69, 9.17) is 4.74 Å². The maximum Gasteiger partial charge on any atom is 0.161 e. The Morgan fingerprint density at radius 3 is 2.78 bits per heavy atom. The molecule has 0 radical (unpaired) electrons.